The number of carbonyl (C=O) groups excluding carboxylic acids is 1. The van der Waals surface area contributed by atoms with E-state index in [1.807, 2.05) is 32.9 Å². The van der Waals surface area contributed by atoms with Crippen molar-refractivity contribution in [1.82, 2.24) is 4.90 Å². The van der Waals surface area contributed by atoms with E-state index >= 15 is 0 Å². The van der Waals surface area contributed by atoms with Gasteiger partial charge in [0.2, 0.25) is 0 Å². The maximum absolute atomic E-state index is 12.0. The first kappa shape index (κ1) is 18.3. The van der Waals surface area contributed by atoms with Crippen molar-refractivity contribution in [3.63, 3.8) is 0 Å². The van der Waals surface area contributed by atoms with Crippen LogP contribution < -0.4 is 5.32 Å². The van der Waals surface area contributed by atoms with E-state index in [9.17, 15) is 4.79 Å². The van der Waals surface area contributed by atoms with Crippen LogP contribution in [0.1, 0.15) is 46.6 Å². The van der Waals surface area contributed by atoms with Gasteiger partial charge in [0, 0.05) is 25.8 Å². The molecule has 0 bridgehead atoms. The van der Waals surface area contributed by atoms with Crippen molar-refractivity contribution in [2.24, 2.45) is 5.92 Å². The molecule has 0 heterocycles. The Morgan fingerprint density at radius 2 is 2.05 bits per heavy atom. The van der Waals surface area contributed by atoms with Gasteiger partial charge in [0.25, 0.3) is 0 Å². The summed E-state index contributed by atoms with van der Waals surface area (Å²) in [6.45, 7) is 11.5. The molecule has 0 aromatic heterocycles. The van der Waals surface area contributed by atoms with Gasteiger partial charge in [-0.05, 0) is 44.4 Å². The van der Waals surface area contributed by atoms with Gasteiger partial charge in [-0.1, -0.05) is 32.4 Å². The highest BCUT2D eigenvalue weighted by atomic mass is 16.6. The number of nitrogens with zero attached hydrogens (tertiary/aromatic N) is 1. The third kappa shape index (κ3) is 6.83. The average molecular weight is 306 g/mol. The summed E-state index contributed by atoms with van der Waals surface area (Å²) in [6, 6.07) is 8.18. The van der Waals surface area contributed by atoms with E-state index in [4.69, 9.17) is 4.74 Å². The van der Waals surface area contributed by atoms with Gasteiger partial charge in [-0.3, -0.25) is 0 Å². The minimum Gasteiger partial charge on any atom is -0.444 e. The lowest BCUT2D eigenvalue weighted by molar-refractivity contribution is 0.0285. The molecular formula is C18H30N2O2. The minimum absolute atomic E-state index is 0.300. The zero-order valence-electron chi connectivity index (χ0n) is 14.8. The number of anilines is 1. The zero-order valence-corrected chi connectivity index (χ0v) is 14.8. The SMILES string of the molecule is CCC(C)CNc1cccc(CN(C)C(=O)OC(C)(C)C)c1. The smallest absolute Gasteiger partial charge is 0.410 e. The summed E-state index contributed by atoms with van der Waals surface area (Å²) in [5.41, 5.74) is 1.71. The number of hydrogen-bond donors (Lipinski definition) is 1. The van der Waals surface area contributed by atoms with Crippen molar-refractivity contribution in [1.29, 1.82) is 0 Å². The van der Waals surface area contributed by atoms with Crippen LogP contribution in [0.15, 0.2) is 24.3 Å². The Hall–Kier alpha value is -1.71. The van der Waals surface area contributed by atoms with Crippen molar-refractivity contribution < 1.29 is 9.53 Å². The number of nitrogens with one attached hydrogen (secondary N) is 1. The van der Waals surface area contributed by atoms with E-state index in [1.165, 1.54) is 0 Å². The van der Waals surface area contributed by atoms with Gasteiger partial charge >= 0.3 is 6.09 Å². The van der Waals surface area contributed by atoms with Crippen LogP contribution in [-0.2, 0) is 11.3 Å². The molecule has 1 N–H and O–H groups in total. The molecule has 0 spiro atoms. The fourth-order valence-corrected chi connectivity index (χ4v) is 1.89. The molecule has 1 amide bonds. The monoisotopic (exact) mass is 306 g/mol. The average Bonchev–Trinajstić information content (AvgIpc) is 2.43. The van der Waals surface area contributed by atoms with E-state index in [0.717, 1.165) is 24.2 Å². The summed E-state index contributed by atoms with van der Waals surface area (Å²) in [7, 11) is 1.76. The van der Waals surface area contributed by atoms with Gasteiger partial charge < -0.3 is 15.0 Å². The van der Waals surface area contributed by atoms with E-state index < -0.39 is 5.60 Å². The Morgan fingerprint density at radius 3 is 2.64 bits per heavy atom. The summed E-state index contributed by atoms with van der Waals surface area (Å²) in [4.78, 5) is 13.6. The lowest BCUT2D eigenvalue weighted by Crippen LogP contribution is -2.33. The molecule has 0 saturated heterocycles. The van der Waals surface area contributed by atoms with Gasteiger partial charge in [0.05, 0.1) is 0 Å². The molecule has 124 valence electrons. The van der Waals surface area contributed by atoms with Crippen molar-refractivity contribution >= 4 is 11.8 Å². The highest BCUT2D eigenvalue weighted by Crippen LogP contribution is 2.15. The van der Waals surface area contributed by atoms with Gasteiger partial charge in [0.15, 0.2) is 0 Å². The van der Waals surface area contributed by atoms with E-state index in [1.54, 1.807) is 11.9 Å². The predicted molar refractivity (Wildman–Crippen MR) is 92.1 cm³/mol. The molecule has 0 aliphatic rings. The van der Waals surface area contributed by atoms with Crippen LogP contribution in [-0.4, -0.2) is 30.2 Å². The number of benzene rings is 1. The molecule has 1 atom stereocenters. The van der Waals surface area contributed by atoms with E-state index in [-0.39, 0.29) is 6.09 Å². The fraction of sp³-hybridized carbons (Fsp3) is 0.611. The Morgan fingerprint density at radius 1 is 1.36 bits per heavy atom. The maximum atomic E-state index is 12.0. The van der Waals surface area contributed by atoms with Crippen molar-refractivity contribution in [2.75, 3.05) is 18.9 Å². The highest BCUT2D eigenvalue weighted by Gasteiger charge is 2.19. The molecule has 1 aromatic carbocycles. The molecule has 1 unspecified atom stereocenters. The van der Waals surface area contributed by atoms with Gasteiger partial charge in [0.1, 0.15) is 5.60 Å². The molecule has 0 saturated carbocycles. The van der Waals surface area contributed by atoms with E-state index in [2.05, 4.69) is 31.3 Å². The molecule has 22 heavy (non-hydrogen) atoms. The minimum atomic E-state index is -0.467. The second-order valence-corrected chi connectivity index (χ2v) is 6.93. The van der Waals surface area contributed by atoms with Gasteiger partial charge in [-0.15, -0.1) is 0 Å². The molecule has 4 nitrogen and oxygen atoms in total. The van der Waals surface area contributed by atoms with Crippen molar-refractivity contribution in [3.8, 4) is 0 Å². The fourth-order valence-electron chi connectivity index (χ4n) is 1.89. The largest absolute Gasteiger partial charge is 0.444 e. The van der Waals surface area contributed by atoms with Gasteiger partial charge in [-0.25, -0.2) is 4.79 Å². The third-order valence-corrected chi connectivity index (χ3v) is 3.40. The normalized spacial score (nSPS) is 12.6. The molecule has 0 aliphatic heterocycles. The number of rotatable bonds is 6. The van der Waals surface area contributed by atoms with Crippen LogP contribution in [0, 0.1) is 5.92 Å². The summed E-state index contributed by atoms with van der Waals surface area (Å²) in [5.74, 6) is 0.646. The van der Waals surface area contributed by atoms with Gasteiger partial charge in [-0.2, -0.15) is 0 Å². The molecular weight excluding hydrogens is 276 g/mol. The van der Waals surface area contributed by atoms with Crippen molar-refractivity contribution in [2.45, 2.75) is 53.2 Å². The summed E-state index contributed by atoms with van der Waals surface area (Å²) in [5, 5.41) is 3.44. The molecule has 1 aromatic rings. The Labute approximate surface area is 134 Å². The second kappa shape index (κ2) is 8.06. The van der Waals surface area contributed by atoms with Crippen LogP contribution in [0.4, 0.5) is 10.5 Å². The Balaban J connectivity index is 2.60. The first-order valence-corrected chi connectivity index (χ1v) is 7.98. The van der Waals surface area contributed by atoms with Crippen LogP contribution in [0.5, 0.6) is 0 Å². The topological polar surface area (TPSA) is 41.6 Å². The number of carbonyl (C=O) groups is 1. The van der Waals surface area contributed by atoms with E-state index in [0.29, 0.717) is 12.5 Å². The first-order chi connectivity index (χ1) is 10.2. The van der Waals surface area contributed by atoms with Crippen LogP contribution in [0.2, 0.25) is 0 Å². The molecule has 4 heteroatoms. The van der Waals surface area contributed by atoms with Crippen LogP contribution in [0.3, 0.4) is 0 Å². The zero-order chi connectivity index (χ0) is 16.8. The Kier molecular flexibility index (Phi) is 6.72. The van der Waals surface area contributed by atoms with Crippen molar-refractivity contribution in [3.05, 3.63) is 29.8 Å². The lowest BCUT2D eigenvalue weighted by atomic mass is 10.1. The molecule has 0 radical (unpaired) electrons. The Bertz CT molecular complexity index is 480. The quantitative estimate of drug-likeness (QED) is 0.840. The van der Waals surface area contributed by atoms with Crippen LogP contribution >= 0.6 is 0 Å². The molecule has 0 aliphatic carbocycles. The lowest BCUT2D eigenvalue weighted by Gasteiger charge is -2.24. The maximum Gasteiger partial charge on any atom is 0.410 e. The summed E-state index contributed by atoms with van der Waals surface area (Å²) >= 11 is 0. The number of ether oxygens (including phenoxy) is 1. The summed E-state index contributed by atoms with van der Waals surface area (Å²) in [6.07, 6.45) is 0.860. The first-order valence-electron chi connectivity index (χ1n) is 7.98. The standard InChI is InChI=1S/C18H30N2O2/c1-7-14(2)12-19-16-10-8-9-15(11-16)13-20(6)17(21)22-18(3,4)5/h8-11,14,19H,7,12-13H2,1-6H3. The summed E-state index contributed by atoms with van der Waals surface area (Å²) < 4.78 is 5.37. The predicted octanol–water partition coefficient (Wildman–Crippen LogP) is 4.51. The van der Waals surface area contributed by atoms with Crippen LogP contribution in [0.25, 0.3) is 0 Å². The third-order valence-electron chi connectivity index (χ3n) is 3.40. The number of hydrogen-bond acceptors (Lipinski definition) is 3. The molecule has 0 fully saturated rings. The highest BCUT2D eigenvalue weighted by molar-refractivity contribution is 5.67. The second-order valence-electron chi connectivity index (χ2n) is 6.93. The number of amides is 1. The molecule has 1 rings (SSSR count).